The van der Waals surface area contributed by atoms with E-state index in [2.05, 4.69) is 10.3 Å². The first-order valence-electron chi connectivity index (χ1n) is 8.14. The normalized spacial score (nSPS) is 16.6. The van der Waals surface area contributed by atoms with Gasteiger partial charge in [-0.1, -0.05) is 0 Å². The van der Waals surface area contributed by atoms with Crippen LogP contribution in [0.15, 0.2) is 4.99 Å². The molecule has 0 saturated carbocycles. The van der Waals surface area contributed by atoms with Gasteiger partial charge in [-0.25, -0.2) is 4.79 Å². The van der Waals surface area contributed by atoms with E-state index in [0.717, 1.165) is 45.3 Å². The molecule has 128 valence electrons. The molecule has 1 heterocycles. The smallest absolute Gasteiger partial charge is 0.409 e. The van der Waals surface area contributed by atoms with Crippen LogP contribution in [0.1, 0.15) is 39.0 Å². The first-order chi connectivity index (χ1) is 10.7. The summed E-state index contributed by atoms with van der Waals surface area (Å²) in [5, 5.41) is 3.24. The van der Waals surface area contributed by atoms with Crippen molar-refractivity contribution in [1.29, 1.82) is 0 Å². The molecule has 1 saturated heterocycles. The minimum absolute atomic E-state index is 0.223. The summed E-state index contributed by atoms with van der Waals surface area (Å²) in [4.78, 5) is 17.7. The van der Waals surface area contributed by atoms with Crippen molar-refractivity contribution in [3.8, 4) is 0 Å². The molecule has 0 aromatic carbocycles. The van der Waals surface area contributed by atoms with Crippen LogP contribution in [0.5, 0.6) is 0 Å². The van der Waals surface area contributed by atoms with Crippen molar-refractivity contribution in [3.63, 3.8) is 0 Å². The predicted octanol–water partition coefficient (Wildman–Crippen LogP) is 1.33. The molecule has 1 rings (SSSR count). The largest absolute Gasteiger partial charge is 0.450 e. The fraction of sp³-hybridized carbons (Fsp3) is 0.867. The molecule has 7 heteroatoms. The van der Waals surface area contributed by atoms with Gasteiger partial charge in [0.1, 0.15) is 0 Å². The molecule has 0 unspecified atom stereocenters. The zero-order valence-electron chi connectivity index (χ0n) is 13.8. The van der Waals surface area contributed by atoms with Gasteiger partial charge in [0, 0.05) is 39.4 Å². The maximum Gasteiger partial charge on any atom is 0.409 e. The van der Waals surface area contributed by atoms with Crippen molar-refractivity contribution in [2.24, 2.45) is 10.7 Å². The number of unbranched alkanes of at least 4 members (excludes halogenated alkanes) is 2. The monoisotopic (exact) mass is 314 g/mol. The van der Waals surface area contributed by atoms with Gasteiger partial charge < -0.3 is 25.4 Å². The molecule has 7 nitrogen and oxygen atoms in total. The fourth-order valence-electron chi connectivity index (χ4n) is 2.41. The molecule has 0 spiro atoms. The summed E-state index contributed by atoms with van der Waals surface area (Å²) in [5.74, 6) is 0.501. The summed E-state index contributed by atoms with van der Waals surface area (Å²) in [6.07, 6.45) is 4.69. The van der Waals surface area contributed by atoms with Gasteiger partial charge in [0.25, 0.3) is 0 Å². The number of ether oxygens (including phenoxy) is 2. The number of carbonyl (C=O) groups is 1. The van der Waals surface area contributed by atoms with E-state index in [1.807, 2.05) is 6.92 Å². The molecule has 0 aromatic heterocycles. The van der Waals surface area contributed by atoms with Crippen molar-refractivity contribution >= 4 is 12.1 Å². The molecule has 3 N–H and O–H groups in total. The van der Waals surface area contributed by atoms with Gasteiger partial charge in [-0.05, 0) is 39.0 Å². The quantitative estimate of drug-likeness (QED) is 0.401. The van der Waals surface area contributed by atoms with E-state index in [1.54, 1.807) is 12.0 Å². The van der Waals surface area contributed by atoms with E-state index in [9.17, 15) is 4.79 Å². The van der Waals surface area contributed by atoms with Crippen molar-refractivity contribution in [2.75, 3.05) is 40.0 Å². The Labute approximate surface area is 133 Å². The van der Waals surface area contributed by atoms with Crippen molar-refractivity contribution in [3.05, 3.63) is 0 Å². The second-order valence-electron chi connectivity index (χ2n) is 5.43. The Morgan fingerprint density at radius 3 is 2.68 bits per heavy atom. The molecule has 22 heavy (non-hydrogen) atoms. The number of carbonyl (C=O) groups excluding carboxylic acids is 1. The van der Waals surface area contributed by atoms with E-state index in [-0.39, 0.29) is 12.1 Å². The van der Waals surface area contributed by atoms with Crippen molar-refractivity contribution < 1.29 is 14.3 Å². The fourth-order valence-corrected chi connectivity index (χ4v) is 2.41. The lowest BCUT2D eigenvalue weighted by Gasteiger charge is -2.31. The first-order valence-corrected chi connectivity index (χ1v) is 8.14. The Hall–Kier alpha value is -1.50. The Morgan fingerprint density at radius 1 is 1.32 bits per heavy atom. The maximum atomic E-state index is 11.6. The number of aliphatic imine (C=N–C) groups is 1. The van der Waals surface area contributed by atoms with Gasteiger partial charge in [-0.2, -0.15) is 0 Å². The van der Waals surface area contributed by atoms with Crippen LogP contribution in [0.2, 0.25) is 0 Å². The van der Waals surface area contributed by atoms with E-state index < -0.39 is 0 Å². The van der Waals surface area contributed by atoms with Gasteiger partial charge in [0.15, 0.2) is 5.96 Å². The average molecular weight is 314 g/mol. The second-order valence-corrected chi connectivity index (χ2v) is 5.43. The number of nitrogens with two attached hydrogens (primary N) is 1. The number of nitrogens with one attached hydrogen (secondary N) is 1. The molecule has 0 bridgehead atoms. The van der Waals surface area contributed by atoms with Gasteiger partial charge >= 0.3 is 6.09 Å². The molecule has 0 atom stereocenters. The number of amides is 1. The highest BCUT2D eigenvalue weighted by molar-refractivity contribution is 5.78. The second kappa shape index (κ2) is 11.1. The molecule has 1 aliphatic rings. The van der Waals surface area contributed by atoms with E-state index in [0.29, 0.717) is 25.7 Å². The standard InChI is InChI=1S/C15H30N4O3/c1-3-22-15(20)19-10-7-13(8-11-19)18-14(16)17-9-5-4-6-12-21-2/h13H,3-12H2,1-2H3,(H3,16,17,18). The molecule has 0 aliphatic carbocycles. The number of hydrogen-bond donors (Lipinski definition) is 2. The van der Waals surface area contributed by atoms with Crippen LogP contribution in [-0.2, 0) is 9.47 Å². The van der Waals surface area contributed by atoms with Crippen LogP contribution in [0.25, 0.3) is 0 Å². The highest BCUT2D eigenvalue weighted by Gasteiger charge is 2.23. The SMILES string of the molecule is CCOC(=O)N1CCC(NC(N)=NCCCCCOC)CC1. The van der Waals surface area contributed by atoms with E-state index in [4.69, 9.17) is 15.2 Å². The topological polar surface area (TPSA) is 89.2 Å². The van der Waals surface area contributed by atoms with E-state index >= 15 is 0 Å². The summed E-state index contributed by atoms with van der Waals surface area (Å²) in [6.45, 7) is 5.17. The number of rotatable bonds is 8. The molecule has 0 aromatic rings. The Balaban J connectivity index is 2.15. The first kappa shape index (κ1) is 18.5. The summed E-state index contributed by atoms with van der Waals surface area (Å²) in [6, 6.07) is 0.280. The third-order valence-corrected chi connectivity index (χ3v) is 3.66. The third-order valence-electron chi connectivity index (χ3n) is 3.66. The lowest BCUT2D eigenvalue weighted by atomic mass is 10.1. The van der Waals surface area contributed by atoms with Gasteiger partial charge in [0.05, 0.1) is 6.61 Å². The van der Waals surface area contributed by atoms with Crippen LogP contribution >= 0.6 is 0 Å². The Morgan fingerprint density at radius 2 is 2.05 bits per heavy atom. The zero-order valence-corrected chi connectivity index (χ0v) is 13.8. The summed E-state index contributed by atoms with van der Waals surface area (Å²) < 4.78 is 10.0. The lowest BCUT2D eigenvalue weighted by molar-refractivity contribution is 0.0963. The molecule has 1 fully saturated rings. The molecule has 0 radical (unpaired) electrons. The molecule has 1 amide bonds. The number of guanidine groups is 1. The van der Waals surface area contributed by atoms with Crippen molar-refractivity contribution in [2.45, 2.75) is 45.1 Å². The van der Waals surface area contributed by atoms with Crippen LogP contribution in [-0.4, -0.2) is 63.0 Å². The maximum absolute atomic E-state index is 11.6. The summed E-state index contributed by atoms with van der Waals surface area (Å²) in [7, 11) is 1.72. The highest BCUT2D eigenvalue weighted by atomic mass is 16.6. The number of hydrogen-bond acceptors (Lipinski definition) is 4. The highest BCUT2D eigenvalue weighted by Crippen LogP contribution is 2.11. The van der Waals surface area contributed by atoms with Crippen LogP contribution in [0.4, 0.5) is 4.79 Å². The van der Waals surface area contributed by atoms with Gasteiger partial charge in [0.2, 0.25) is 0 Å². The lowest BCUT2D eigenvalue weighted by Crippen LogP contribution is -2.48. The van der Waals surface area contributed by atoms with Crippen LogP contribution in [0, 0.1) is 0 Å². The zero-order chi connectivity index (χ0) is 16.2. The summed E-state index contributed by atoms with van der Waals surface area (Å²) >= 11 is 0. The summed E-state index contributed by atoms with van der Waals surface area (Å²) in [5.41, 5.74) is 5.90. The molecular formula is C15H30N4O3. The average Bonchev–Trinajstić information content (AvgIpc) is 2.51. The number of piperidine rings is 1. The number of likely N-dealkylation sites (tertiary alicyclic amines) is 1. The van der Waals surface area contributed by atoms with E-state index in [1.165, 1.54) is 0 Å². The number of methoxy groups -OCH3 is 1. The van der Waals surface area contributed by atoms with Crippen molar-refractivity contribution in [1.82, 2.24) is 10.2 Å². The Kier molecular flexibility index (Phi) is 9.37. The van der Waals surface area contributed by atoms with Gasteiger partial charge in [-0.3, -0.25) is 4.99 Å². The Bertz CT molecular complexity index is 342. The third kappa shape index (κ3) is 7.49. The predicted molar refractivity (Wildman–Crippen MR) is 87.0 cm³/mol. The number of nitrogens with zero attached hydrogens (tertiary/aromatic N) is 2. The van der Waals surface area contributed by atoms with Crippen LogP contribution in [0.3, 0.4) is 0 Å². The minimum Gasteiger partial charge on any atom is -0.450 e. The molecule has 1 aliphatic heterocycles. The van der Waals surface area contributed by atoms with Crippen LogP contribution < -0.4 is 11.1 Å². The van der Waals surface area contributed by atoms with Gasteiger partial charge in [-0.15, -0.1) is 0 Å². The minimum atomic E-state index is -0.223. The molecular weight excluding hydrogens is 284 g/mol.